The third-order valence-electron chi connectivity index (χ3n) is 6.43. The zero-order valence-electron chi connectivity index (χ0n) is 21.6. The van der Waals surface area contributed by atoms with Gasteiger partial charge in [0.05, 0.1) is 11.4 Å². The van der Waals surface area contributed by atoms with Crippen molar-refractivity contribution in [2.45, 2.75) is 5.16 Å². The number of hydrogen-bond acceptors (Lipinski definition) is 4. The van der Waals surface area contributed by atoms with E-state index in [1.165, 1.54) is 0 Å². The number of carboxylic acids is 1. The molecule has 200 valence electrons. The van der Waals surface area contributed by atoms with Crippen molar-refractivity contribution in [1.82, 2.24) is 19.7 Å². The zero-order chi connectivity index (χ0) is 28.2. The fourth-order valence-electron chi connectivity index (χ4n) is 4.60. The maximum atomic E-state index is 12.5. The highest BCUT2D eigenvalue weighted by atomic mass is 35.5. The lowest BCUT2D eigenvalue weighted by molar-refractivity contribution is -0.131. The average molecular weight is 575 g/mol. The third kappa shape index (κ3) is 5.72. The number of benzene rings is 4. The van der Waals surface area contributed by atoms with E-state index in [-0.39, 0.29) is 4.91 Å². The number of carbonyl (C=O) groups is 1. The van der Waals surface area contributed by atoms with E-state index in [4.69, 9.17) is 11.6 Å². The summed E-state index contributed by atoms with van der Waals surface area (Å²) in [5.74, 6) is -0.604. The van der Waals surface area contributed by atoms with Crippen molar-refractivity contribution in [2.75, 3.05) is 0 Å². The molecule has 0 unspecified atom stereocenters. The quantitative estimate of drug-likeness (QED) is 0.141. The molecular formula is C33H23ClN4O2S. The molecule has 6 rings (SSSR count). The highest BCUT2D eigenvalue weighted by molar-refractivity contribution is 8.04. The minimum atomic E-state index is -1.06. The Morgan fingerprint density at radius 2 is 1.41 bits per heavy atom. The van der Waals surface area contributed by atoms with Gasteiger partial charge in [-0.15, -0.1) is 0 Å². The lowest BCUT2D eigenvalue weighted by Crippen LogP contribution is -2.00. The van der Waals surface area contributed by atoms with Gasteiger partial charge in [-0.25, -0.2) is 9.78 Å². The molecule has 2 aromatic heterocycles. The maximum absolute atomic E-state index is 12.5. The van der Waals surface area contributed by atoms with Crippen LogP contribution in [-0.2, 0) is 4.79 Å². The molecule has 0 spiro atoms. The van der Waals surface area contributed by atoms with Crippen LogP contribution < -0.4 is 0 Å². The Balaban J connectivity index is 1.49. The molecule has 0 bridgehead atoms. The first-order valence-corrected chi connectivity index (χ1v) is 14.0. The molecule has 0 saturated carbocycles. The molecule has 8 heteroatoms. The number of H-pyrrole nitrogens is 1. The topological polar surface area (TPSA) is 83.8 Å². The SMILES string of the molecule is O=C(O)/C(=C/c1cc(-c2ccccc2)n(-c2ccccc2)c1-c1ccccc1)Sc1nc(-c2ccc(Cl)cc2)n[nH]1. The fourth-order valence-corrected chi connectivity index (χ4v) is 5.43. The molecule has 0 saturated heterocycles. The molecule has 0 amide bonds. The van der Waals surface area contributed by atoms with Crippen LogP contribution in [-0.4, -0.2) is 30.8 Å². The minimum absolute atomic E-state index is 0.103. The monoisotopic (exact) mass is 574 g/mol. The fraction of sp³-hybridized carbons (Fsp3) is 0. The summed E-state index contributed by atoms with van der Waals surface area (Å²) in [5.41, 5.74) is 6.32. The van der Waals surface area contributed by atoms with Gasteiger partial charge in [0.15, 0.2) is 11.0 Å². The van der Waals surface area contributed by atoms with E-state index in [0.717, 1.165) is 51.1 Å². The van der Waals surface area contributed by atoms with Gasteiger partial charge < -0.3 is 9.67 Å². The second-order valence-electron chi connectivity index (χ2n) is 9.12. The number of aromatic nitrogens is 4. The Morgan fingerprint density at radius 1 is 0.805 bits per heavy atom. The van der Waals surface area contributed by atoms with Crippen LogP contribution in [0.4, 0.5) is 0 Å². The first-order valence-electron chi connectivity index (χ1n) is 12.8. The van der Waals surface area contributed by atoms with Gasteiger partial charge in [-0.2, -0.15) is 5.10 Å². The lowest BCUT2D eigenvalue weighted by atomic mass is 10.1. The Morgan fingerprint density at radius 3 is 2.05 bits per heavy atom. The van der Waals surface area contributed by atoms with E-state index < -0.39 is 5.97 Å². The molecular weight excluding hydrogens is 552 g/mol. The molecule has 0 aliphatic rings. The van der Waals surface area contributed by atoms with Gasteiger partial charge in [-0.3, -0.25) is 5.10 Å². The number of halogens is 1. The smallest absolute Gasteiger partial charge is 0.342 e. The summed E-state index contributed by atoms with van der Waals surface area (Å²) in [4.78, 5) is 17.1. The summed E-state index contributed by atoms with van der Waals surface area (Å²) in [6.45, 7) is 0. The lowest BCUT2D eigenvalue weighted by Gasteiger charge is -2.15. The number of nitrogens with zero attached hydrogens (tertiary/aromatic N) is 3. The van der Waals surface area contributed by atoms with Gasteiger partial charge in [-0.05, 0) is 71.4 Å². The molecule has 6 aromatic rings. The molecule has 4 aromatic carbocycles. The maximum Gasteiger partial charge on any atom is 0.342 e. The van der Waals surface area contributed by atoms with Crippen LogP contribution in [0.5, 0.6) is 0 Å². The largest absolute Gasteiger partial charge is 0.477 e. The molecule has 0 radical (unpaired) electrons. The number of thioether (sulfide) groups is 1. The number of para-hydroxylation sites is 1. The summed E-state index contributed by atoms with van der Waals surface area (Å²) < 4.78 is 2.17. The summed E-state index contributed by atoms with van der Waals surface area (Å²) >= 11 is 7.02. The first-order chi connectivity index (χ1) is 20.1. The Hall–Kier alpha value is -4.85. The molecule has 2 heterocycles. The number of aromatic amines is 1. The predicted octanol–water partition coefficient (Wildman–Crippen LogP) is 8.47. The second kappa shape index (κ2) is 11.7. The Bertz CT molecular complexity index is 1830. The highest BCUT2D eigenvalue weighted by Gasteiger charge is 2.21. The van der Waals surface area contributed by atoms with Crippen LogP contribution in [0.3, 0.4) is 0 Å². The van der Waals surface area contributed by atoms with E-state index in [2.05, 4.69) is 31.9 Å². The van der Waals surface area contributed by atoms with E-state index in [9.17, 15) is 9.90 Å². The van der Waals surface area contributed by atoms with Crippen molar-refractivity contribution in [1.29, 1.82) is 0 Å². The molecule has 2 N–H and O–H groups in total. The molecule has 0 atom stereocenters. The van der Waals surface area contributed by atoms with Gasteiger partial charge in [0, 0.05) is 21.8 Å². The molecule has 41 heavy (non-hydrogen) atoms. The average Bonchev–Trinajstić information content (AvgIpc) is 3.63. The third-order valence-corrected chi connectivity index (χ3v) is 7.57. The number of hydrogen-bond donors (Lipinski definition) is 2. The van der Waals surface area contributed by atoms with Crippen molar-refractivity contribution in [3.63, 3.8) is 0 Å². The van der Waals surface area contributed by atoms with E-state index in [1.54, 1.807) is 18.2 Å². The summed E-state index contributed by atoms with van der Waals surface area (Å²) in [5, 5.41) is 18.4. The Labute approximate surface area is 246 Å². The Kier molecular flexibility index (Phi) is 7.54. The predicted molar refractivity (Wildman–Crippen MR) is 165 cm³/mol. The van der Waals surface area contributed by atoms with Crippen LogP contribution in [0.1, 0.15) is 5.56 Å². The van der Waals surface area contributed by atoms with Crippen molar-refractivity contribution < 1.29 is 9.90 Å². The number of carboxylic acid groups (broad SMARTS) is 1. The summed E-state index contributed by atoms with van der Waals surface area (Å²) in [6.07, 6.45) is 1.70. The van der Waals surface area contributed by atoms with Crippen molar-refractivity contribution in [2.24, 2.45) is 0 Å². The summed E-state index contributed by atoms with van der Waals surface area (Å²) in [6, 6.07) is 39.3. The van der Waals surface area contributed by atoms with Gasteiger partial charge in [0.25, 0.3) is 0 Å². The van der Waals surface area contributed by atoms with Gasteiger partial charge >= 0.3 is 5.97 Å². The van der Waals surface area contributed by atoms with Gasteiger partial charge in [0.1, 0.15) is 4.91 Å². The number of aliphatic carboxylic acids is 1. The minimum Gasteiger partial charge on any atom is -0.477 e. The molecule has 0 aliphatic heterocycles. The molecule has 6 nitrogen and oxygen atoms in total. The highest BCUT2D eigenvalue weighted by Crippen LogP contribution is 2.38. The number of rotatable bonds is 8. The standard InChI is InChI=1S/C33H23ClN4O2S/c34-26-18-16-24(17-19-26)31-35-33(37-36-31)41-29(32(39)40)21-25-20-28(22-10-4-1-5-11-22)38(27-14-8-3-9-15-27)30(25)23-12-6-2-7-13-23/h1-21H,(H,39,40)(H,35,36,37)/b29-21-. The van der Waals surface area contributed by atoms with Crippen LogP contribution >= 0.6 is 23.4 Å². The van der Waals surface area contributed by atoms with Crippen molar-refractivity contribution in [3.05, 3.63) is 137 Å². The van der Waals surface area contributed by atoms with Gasteiger partial charge in [-0.1, -0.05) is 90.5 Å². The molecule has 0 fully saturated rings. The molecule has 0 aliphatic carbocycles. The van der Waals surface area contributed by atoms with E-state index in [0.29, 0.717) is 16.0 Å². The van der Waals surface area contributed by atoms with E-state index in [1.807, 2.05) is 97.1 Å². The zero-order valence-corrected chi connectivity index (χ0v) is 23.2. The van der Waals surface area contributed by atoms with Gasteiger partial charge in [0.2, 0.25) is 0 Å². The first kappa shape index (κ1) is 26.4. The number of nitrogens with one attached hydrogen (secondary N) is 1. The normalized spacial score (nSPS) is 11.5. The van der Waals surface area contributed by atoms with Crippen molar-refractivity contribution >= 4 is 35.4 Å². The van der Waals surface area contributed by atoms with Crippen molar-refractivity contribution in [3.8, 4) is 39.6 Å². The second-order valence-corrected chi connectivity index (χ2v) is 10.6. The summed E-state index contributed by atoms with van der Waals surface area (Å²) in [7, 11) is 0. The van der Waals surface area contributed by atoms with Crippen LogP contribution in [0, 0.1) is 0 Å². The van der Waals surface area contributed by atoms with Crippen LogP contribution in [0.25, 0.3) is 45.7 Å². The van der Waals surface area contributed by atoms with E-state index >= 15 is 0 Å². The van der Waals surface area contributed by atoms with Crippen LogP contribution in [0.15, 0.2) is 131 Å². The van der Waals surface area contributed by atoms with Crippen LogP contribution in [0.2, 0.25) is 5.02 Å².